The smallest absolute Gasteiger partial charge is 0.335 e. The Balaban J connectivity index is 2.08. The van der Waals surface area contributed by atoms with E-state index in [0.29, 0.717) is 11.6 Å². The van der Waals surface area contributed by atoms with Crippen molar-refractivity contribution in [2.45, 2.75) is 25.8 Å². The zero-order valence-electron chi connectivity index (χ0n) is 11.4. The van der Waals surface area contributed by atoms with Gasteiger partial charge in [-0.1, -0.05) is 11.6 Å². The Morgan fingerprint density at radius 3 is 2.60 bits per heavy atom. The van der Waals surface area contributed by atoms with Gasteiger partial charge in [0.15, 0.2) is 0 Å². The highest BCUT2D eigenvalue weighted by atomic mass is 35.5. The van der Waals surface area contributed by atoms with E-state index in [1.54, 1.807) is 11.9 Å². The molecule has 5 nitrogen and oxygen atoms in total. The molecule has 0 spiro atoms. The quantitative estimate of drug-likeness (QED) is 0.895. The molecule has 1 aromatic rings. The highest BCUT2D eigenvalue weighted by Gasteiger charge is 2.32. The molecule has 0 radical (unpaired) electrons. The van der Waals surface area contributed by atoms with E-state index >= 15 is 0 Å². The van der Waals surface area contributed by atoms with Crippen LogP contribution in [0.4, 0.5) is 10.5 Å². The molecule has 1 aromatic carbocycles. The SMILES string of the molecule is CC(C1CC1)N(C)C(=O)Nc1cc(Cl)cc(C(=O)O)c1. The van der Waals surface area contributed by atoms with Crippen LogP contribution in [0.25, 0.3) is 0 Å². The largest absolute Gasteiger partial charge is 0.478 e. The van der Waals surface area contributed by atoms with Gasteiger partial charge in [-0.3, -0.25) is 0 Å². The maximum Gasteiger partial charge on any atom is 0.335 e. The van der Waals surface area contributed by atoms with Crippen molar-refractivity contribution >= 4 is 29.3 Å². The molecule has 20 heavy (non-hydrogen) atoms. The van der Waals surface area contributed by atoms with Gasteiger partial charge < -0.3 is 15.3 Å². The Morgan fingerprint density at radius 2 is 2.05 bits per heavy atom. The lowest BCUT2D eigenvalue weighted by molar-refractivity contribution is 0.0697. The van der Waals surface area contributed by atoms with E-state index in [4.69, 9.17) is 16.7 Å². The third-order valence-electron chi connectivity index (χ3n) is 3.63. The summed E-state index contributed by atoms with van der Waals surface area (Å²) in [5.41, 5.74) is 0.431. The first-order valence-electron chi connectivity index (χ1n) is 6.46. The van der Waals surface area contributed by atoms with Crippen molar-refractivity contribution < 1.29 is 14.7 Å². The van der Waals surface area contributed by atoms with Crippen LogP contribution in [0, 0.1) is 5.92 Å². The molecule has 1 saturated carbocycles. The zero-order valence-corrected chi connectivity index (χ0v) is 12.1. The third kappa shape index (κ3) is 3.42. The topological polar surface area (TPSA) is 69.6 Å². The normalized spacial score (nSPS) is 15.6. The number of urea groups is 1. The standard InChI is InChI=1S/C14H17ClN2O3/c1-8(9-3-4-9)17(2)14(20)16-12-6-10(13(18)19)5-11(15)7-12/h5-9H,3-4H2,1-2H3,(H,16,20)(H,18,19). The molecular weight excluding hydrogens is 280 g/mol. The van der Waals surface area contributed by atoms with Crippen molar-refractivity contribution in [3.05, 3.63) is 28.8 Å². The Morgan fingerprint density at radius 1 is 1.40 bits per heavy atom. The number of carboxylic acids is 1. The second-order valence-corrected chi connectivity index (χ2v) is 5.59. The molecule has 0 saturated heterocycles. The van der Waals surface area contributed by atoms with Gasteiger partial charge in [-0.25, -0.2) is 9.59 Å². The number of hydrogen-bond donors (Lipinski definition) is 2. The number of anilines is 1. The summed E-state index contributed by atoms with van der Waals surface area (Å²) in [5, 5.41) is 11.9. The van der Waals surface area contributed by atoms with Crippen LogP contribution in [-0.4, -0.2) is 35.1 Å². The van der Waals surface area contributed by atoms with E-state index in [1.165, 1.54) is 18.2 Å². The van der Waals surface area contributed by atoms with Crippen LogP contribution >= 0.6 is 11.6 Å². The van der Waals surface area contributed by atoms with Gasteiger partial charge in [-0.05, 0) is 43.9 Å². The van der Waals surface area contributed by atoms with Gasteiger partial charge >= 0.3 is 12.0 Å². The highest BCUT2D eigenvalue weighted by molar-refractivity contribution is 6.31. The Bertz CT molecular complexity index is 543. The fourth-order valence-electron chi connectivity index (χ4n) is 2.08. The number of carbonyl (C=O) groups excluding carboxylic acids is 1. The van der Waals surface area contributed by atoms with Crippen LogP contribution in [-0.2, 0) is 0 Å². The molecule has 2 N–H and O–H groups in total. The molecule has 2 amide bonds. The summed E-state index contributed by atoms with van der Waals surface area (Å²) in [6.07, 6.45) is 2.30. The average Bonchev–Trinajstić information content (AvgIpc) is 3.20. The molecule has 0 aromatic heterocycles. The van der Waals surface area contributed by atoms with E-state index < -0.39 is 5.97 Å². The molecule has 108 valence electrons. The van der Waals surface area contributed by atoms with Crippen molar-refractivity contribution in [1.29, 1.82) is 0 Å². The minimum Gasteiger partial charge on any atom is -0.478 e. The number of aromatic carboxylic acids is 1. The van der Waals surface area contributed by atoms with Gasteiger partial charge in [0.1, 0.15) is 0 Å². The Kier molecular flexibility index (Phi) is 4.18. The van der Waals surface area contributed by atoms with Crippen LogP contribution < -0.4 is 5.32 Å². The van der Waals surface area contributed by atoms with Crippen LogP contribution in [0.2, 0.25) is 5.02 Å². The van der Waals surface area contributed by atoms with Gasteiger partial charge in [-0.15, -0.1) is 0 Å². The van der Waals surface area contributed by atoms with E-state index in [1.807, 2.05) is 6.92 Å². The number of nitrogens with one attached hydrogen (secondary N) is 1. The number of hydrogen-bond acceptors (Lipinski definition) is 2. The molecule has 1 aliphatic carbocycles. The van der Waals surface area contributed by atoms with Gasteiger partial charge in [0.2, 0.25) is 0 Å². The van der Waals surface area contributed by atoms with E-state index in [9.17, 15) is 9.59 Å². The minimum atomic E-state index is -1.08. The van der Waals surface area contributed by atoms with Gasteiger partial charge in [-0.2, -0.15) is 0 Å². The summed E-state index contributed by atoms with van der Waals surface area (Å²) >= 11 is 5.85. The maximum atomic E-state index is 12.1. The fourth-order valence-corrected chi connectivity index (χ4v) is 2.31. The molecular formula is C14H17ClN2O3. The molecule has 0 aliphatic heterocycles. The van der Waals surface area contributed by atoms with E-state index in [-0.39, 0.29) is 22.7 Å². The first-order chi connectivity index (χ1) is 9.38. The number of benzene rings is 1. The summed E-state index contributed by atoms with van der Waals surface area (Å²) in [6.45, 7) is 2.01. The molecule has 0 heterocycles. The summed E-state index contributed by atoms with van der Waals surface area (Å²) in [4.78, 5) is 24.7. The summed E-state index contributed by atoms with van der Waals surface area (Å²) < 4.78 is 0. The molecule has 0 bridgehead atoms. The average molecular weight is 297 g/mol. The van der Waals surface area contributed by atoms with Crippen LogP contribution in [0.15, 0.2) is 18.2 Å². The van der Waals surface area contributed by atoms with Crippen molar-refractivity contribution in [1.82, 2.24) is 4.90 Å². The van der Waals surface area contributed by atoms with Crippen molar-refractivity contribution in [3.63, 3.8) is 0 Å². The molecule has 2 rings (SSSR count). The number of nitrogens with zero attached hydrogens (tertiary/aromatic N) is 1. The molecule has 1 unspecified atom stereocenters. The minimum absolute atomic E-state index is 0.0469. The van der Waals surface area contributed by atoms with Crippen LogP contribution in [0.3, 0.4) is 0 Å². The number of carboxylic acid groups (broad SMARTS) is 1. The van der Waals surface area contributed by atoms with Crippen LogP contribution in [0.1, 0.15) is 30.1 Å². The molecule has 1 atom stereocenters. The number of halogens is 1. The van der Waals surface area contributed by atoms with E-state index in [2.05, 4.69) is 5.32 Å². The monoisotopic (exact) mass is 296 g/mol. The predicted octanol–water partition coefficient (Wildman–Crippen LogP) is 3.30. The zero-order chi connectivity index (χ0) is 14.9. The van der Waals surface area contributed by atoms with Crippen molar-refractivity contribution in [2.24, 2.45) is 5.92 Å². The van der Waals surface area contributed by atoms with Gasteiger partial charge in [0, 0.05) is 23.8 Å². The highest BCUT2D eigenvalue weighted by Crippen LogP contribution is 2.34. The molecule has 6 heteroatoms. The molecule has 1 fully saturated rings. The van der Waals surface area contributed by atoms with E-state index in [0.717, 1.165) is 12.8 Å². The summed E-state index contributed by atoms with van der Waals surface area (Å²) in [7, 11) is 1.74. The van der Waals surface area contributed by atoms with Crippen molar-refractivity contribution in [3.8, 4) is 0 Å². The first kappa shape index (κ1) is 14.7. The van der Waals surface area contributed by atoms with Crippen LogP contribution in [0.5, 0.6) is 0 Å². The fraction of sp³-hybridized carbons (Fsp3) is 0.429. The van der Waals surface area contributed by atoms with Crippen molar-refractivity contribution in [2.75, 3.05) is 12.4 Å². The molecule has 1 aliphatic rings. The number of carbonyl (C=O) groups is 2. The Labute approximate surface area is 122 Å². The second kappa shape index (κ2) is 5.71. The number of amides is 2. The second-order valence-electron chi connectivity index (χ2n) is 5.15. The lowest BCUT2D eigenvalue weighted by Crippen LogP contribution is -2.39. The van der Waals surface area contributed by atoms with Gasteiger partial charge in [0.25, 0.3) is 0 Å². The first-order valence-corrected chi connectivity index (χ1v) is 6.84. The summed E-state index contributed by atoms with van der Waals surface area (Å²) in [5.74, 6) is -0.512. The summed E-state index contributed by atoms with van der Waals surface area (Å²) in [6, 6.07) is 4.18. The number of rotatable bonds is 4. The third-order valence-corrected chi connectivity index (χ3v) is 3.85. The lowest BCUT2D eigenvalue weighted by atomic mass is 10.2. The Hall–Kier alpha value is -1.75. The lowest BCUT2D eigenvalue weighted by Gasteiger charge is -2.25. The predicted molar refractivity (Wildman–Crippen MR) is 77.4 cm³/mol. The maximum absolute atomic E-state index is 12.1. The van der Waals surface area contributed by atoms with Gasteiger partial charge in [0.05, 0.1) is 5.56 Å².